The molecule has 2 aliphatic rings. The fourth-order valence-corrected chi connectivity index (χ4v) is 4.59. The Balaban J connectivity index is 1.41. The summed E-state index contributed by atoms with van der Waals surface area (Å²) in [5.74, 6) is 0.708. The number of amides is 2. The Hall–Kier alpha value is -4.17. The van der Waals surface area contributed by atoms with Gasteiger partial charge in [0.05, 0.1) is 42.8 Å². The topological polar surface area (TPSA) is 85.1 Å². The molecule has 0 unspecified atom stereocenters. The first kappa shape index (κ1) is 21.4. The van der Waals surface area contributed by atoms with Crippen LogP contribution in [0.4, 0.5) is 5.69 Å². The van der Waals surface area contributed by atoms with Crippen LogP contribution in [-0.4, -0.2) is 60.7 Å². The zero-order valence-electron chi connectivity index (χ0n) is 18.9. The minimum atomic E-state index is -0.801. The van der Waals surface area contributed by atoms with E-state index in [9.17, 15) is 9.59 Å². The molecule has 2 aromatic carbocycles. The number of hydrogen-bond acceptors (Lipinski definition) is 6. The van der Waals surface area contributed by atoms with Crippen LogP contribution in [0.5, 0.6) is 5.75 Å². The van der Waals surface area contributed by atoms with Crippen molar-refractivity contribution >= 4 is 28.4 Å². The molecule has 4 aromatic rings. The Morgan fingerprint density at radius 3 is 2.57 bits per heavy atom. The maximum absolute atomic E-state index is 14.1. The van der Waals surface area contributed by atoms with Gasteiger partial charge in [-0.1, -0.05) is 30.3 Å². The van der Waals surface area contributed by atoms with E-state index in [0.29, 0.717) is 60.3 Å². The van der Waals surface area contributed by atoms with Gasteiger partial charge in [0.25, 0.3) is 11.8 Å². The molecular weight excluding hydrogens is 446 g/mol. The van der Waals surface area contributed by atoms with E-state index in [1.807, 2.05) is 48.5 Å². The largest absolute Gasteiger partial charge is 0.476 e. The Kier molecular flexibility index (Phi) is 5.42. The number of para-hydroxylation sites is 3. The van der Waals surface area contributed by atoms with Crippen molar-refractivity contribution in [3.63, 3.8) is 0 Å². The third kappa shape index (κ3) is 3.91. The number of furan rings is 1. The third-order valence-corrected chi connectivity index (χ3v) is 6.34. The molecule has 0 N–H and O–H groups in total. The molecule has 2 amide bonds. The second kappa shape index (κ2) is 8.88. The lowest BCUT2D eigenvalue weighted by atomic mass is 10.0. The van der Waals surface area contributed by atoms with Crippen molar-refractivity contribution < 1.29 is 23.5 Å². The number of aromatic nitrogens is 1. The van der Waals surface area contributed by atoms with Gasteiger partial charge in [0.15, 0.2) is 11.9 Å². The van der Waals surface area contributed by atoms with E-state index < -0.39 is 6.10 Å². The van der Waals surface area contributed by atoms with Crippen LogP contribution in [0.25, 0.3) is 22.4 Å². The highest BCUT2D eigenvalue weighted by Crippen LogP contribution is 2.36. The number of carbonyl (C=O) groups excluding carboxylic acids is 2. The molecule has 8 heteroatoms. The minimum absolute atomic E-state index is 0.110. The summed E-state index contributed by atoms with van der Waals surface area (Å²) < 4.78 is 17.0. The Bertz CT molecular complexity index is 1400. The van der Waals surface area contributed by atoms with Crippen molar-refractivity contribution in [2.45, 2.75) is 6.10 Å². The van der Waals surface area contributed by atoms with E-state index in [0.717, 1.165) is 5.39 Å². The van der Waals surface area contributed by atoms with Gasteiger partial charge >= 0.3 is 0 Å². The Morgan fingerprint density at radius 2 is 1.74 bits per heavy atom. The number of hydrogen-bond donors (Lipinski definition) is 0. The summed E-state index contributed by atoms with van der Waals surface area (Å²) in [5, 5.41) is 0.729. The normalized spacial score (nSPS) is 17.7. The average molecular weight is 469 g/mol. The maximum atomic E-state index is 14.1. The highest BCUT2D eigenvalue weighted by molar-refractivity contribution is 6.15. The molecule has 0 bridgehead atoms. The van der Waals surface area contributed by atoms with E-state index in [2.05, 4.69) is 0 Å². The fraction of sp³-hybridized carbons (Fsp3) is 0.222. The number of nitrogens with zero attached hydrogens (tertiary/aromatic N) is 3. The van der Waals surface area contributed by atoms with Gasteiger partial charge in [0, 0.05) is 18.5 Å². The highest BCUT2D eigenvalue weighted by atomic mass is 16.5. The smallest absolute Gasteiger partial charge is 0.265 e. The fourth-order valence-electron chi connectivity index (χ4n) is 4.59. The van der Waals surface area contributed by atoms with Crippen LogP contribution in [0.2, 0.25) is 0 Å². The highest BCUT2D eigenvalue weighted by Gasteiger charge is 2.37. The molecule has 1 saturated heterocycles. The summed E-state index contributed by atoms with van der Waals surface area (Å²) in [7, 11) is 0. The first-order valence-corrected chi connectivity index (χ1v) is 11.6. The summed E-state index contributed by atoms with van der Waals surface area (Å²) in [6.45, 7) is 2.12. The van der Waals surface area contributed by atoms with Crippen LogP contribution in [-0.2, 0) is 9.53 Å². The molecule has 8 nitrogen and oxygen atoms in total. The number of anilines is 1. The zero-order valence-corrected chi connectivity index (χ0v) is 18.9. The predicted octanol–water partition coefficient (Wildman–Crippen LogP) is 3.76. The van der Waals surface area contributed by atoms with E-state index in [1.165, 1.54) is 0 Å². The van der Waals surface area contributed by atoms with Crippen LogP contribution in [0, 0.1) is 0 Å². The zero-order chi connectivity index (χ0) is 23.8. The van der Waals surface area contributed by atoms with Gasteiger partial charge in [0.2, 0.25) is 0 Å². The van der Waals surface area contributed by atoms with E-state index in [-0.39, 0.29) is 18.4 Å². The number of pyridine rings is 1. The van der Waals surface area contributed by atoms with Crippen LogP contribution >= 0.6 is 0 Å². The van der Waals surface area contributed by atoms with Crippen LogP contribution in [0.3, 0.4) is 0 Å². The molecule has 2 aromatic heterocycles. The molecule has 2 aliphatic heterocycles. The van der Waals surface area contributed by atoms with Crippen molar-refractivity contribution in [2.75, 3.05) is 37.7 Å². The van der Waals surface area contributed by atoms with Gasteiger partial charge in [0.1, 0.15) is 11.4 Å². The monoisotopic (exact) mass is 469 g/mol. The van der Waals surface area contributed by atoms with Crippen molar-refractivity contribution in [2.24, 2.45) is 0 Å². The van der Waals surface area contributed by atoms with Crippen LogP contribution < -0.4 is 9.64 Å². The number of carbonyl (C=O) groups is 2. The molecule has 35 heavy (non-hydrogen) atoms. The van der Waals surface area contributed by atoms with E-state index in [1.54, 1.807) is 34.3 Å². The number of morpholine rings is 1. The molecule has 0 radical (unpaired) electrons. The second-order valence-electron chi connectivity index (χ2n) is 8.48. The van der Waals surface area contributed by atoms with Gasteiger partial charge in [-0.05, 0) is 36.4 Å². The van der Waals surface area contributed by atoms with Gasteiger partial charge in [-0.25, -0.2) is 4.98 Å². The molecular formula is C27H23N3O5. The molecule has 176 valence electrons. The summed E-state index contributed by atoms with van der Waals surface area (Å²) in [6.07, 6.45) is 0.776. The number of rotatable bonds is 3. The maximum Gasteiger partial charge on any atom is 0.265 e. The summed E-state index contributed by atoms with van der Waals surface area (Å²) in [5.41, 5.74) is 2.37. The van der Waals surface area contributed by atoms with Gasteiger partial charge < -0.3 is 23.7 Å². The second-order valence-corrected chi connectivity index (χ2v) is 8.48. The SMILES string of the molecule is O=C([C@H]1CN(C(=O)c2cc(-c3ccco3)nc3ccccc23)c2ccccc2O1)N1CCOCC1. The number of ether oxygens (including phenoxy) is 2. The first-order chi connectivity index (χ1) is 17.2. The number of fused-ring (bicyclic) bond motifs is 2. The molecule has 1 fully saturated rings. The Morgan fingerprint density at radius 1 is 0.943 bits per heavy atom. The van der Waals surface area contributed by atoms with Crippen LogP contribution in [0.15, 0.2) is 77.4 Å². The van der Waals surface area contributed by atoms with Crippen molar-refractivity contribution in [3.8, 4) is 17.2 Å². The summed E-state index contributed by atoms with van der Waals surface area (Å²) in [4.78, 5) is 35.4. The van der Waals surface area contributed by atoms with Gasteiger partial charge in [-0.3, -0.25) is 9.59 Å². The first-order valence-electron chi connectivity index (χ1n) is 11.6. The van der Waals surface area contributed by atoms with Gasteiger partial charge in [-0.15, -0.1) is 0 Å². The van der Waals surface area contributed by atoms with Crippen molar-refractivity contribution in [1.82, 2.24) is 9.88 Å². The number of benzene rings is 2. The molecule has 0 aliphatic carbocycles. The quantitative estimate of drug-likeness (QED) is 0.454. The van der Waals surface area contributed by atoms with Crippen molar-refractivity contribution in [1.29, 1.82) is 0 Å². The Labute approximate surface area is 201 Å². The van der Waals surface area contributed by atoms with Gasteiger partial charge in [-0.2, -0.15) is 0 Å². The van der Waals surface area contributed by atoms with Crippen molar-refractivity contribution in [3.05, 3.63) is 78.6 Å². The molecule has 6 rings (SSSR count). The minimum Gasteiger partial charge on any atom is -0.476 e. The summed E-state index contributed by atoms with van der Waals surface area (Å²) >= 11 is 0. The predicted molar refractivity (Wildman–Crippen MR) is 129 cm³/mol. The standard InChI is InChI=1S/C27H23N3O5/c31-26(19-16-21(23-10-5-13-34-23)28-20-7-2-1-6-18(19)20)30-17-25(27(32)29-11-14-33-15-12-29)35-24-9-4-3-8-22(24)30/h1-10,13,16,25H,11-12,14-15,17H2/t25-/m1/s1. The van der Waals surface area contributed by atoms with E-state index in [4.69, 9.17) is 18.9 Å². The lowest BCUT2D eigenvalue weighted by molar-refractivity contribution is -0.142. The third-order valence-electron chi connectivity index (χ3n) is 6.34. The average Bonchev–Trinajstić information content (AvgIpc) is 3.47. The lowest BCUT2D eigenvalue weighted by Crippen LogP contribution is -2.54. The van der Waals surface area contributed by atoms with Crippen LogP contribution in [0.1, 0.15) is 10.4 Å². The molecule has 0 spiro atoms. The molecule has 1 atom stereocenters. The summed E-state index contributed by atoms with van der Waals surface area (Å²) in [6, 6.07) is 20.2. The van der Waals surface area contributed by atoms with E-state index >= 15 is 0 Å². The molecule has 4 heterocycles. The lowest BCUT2D eigenvalue weighted by Gasteiger charge is -2.37. The molecule has 0 saturated carbocycles.